The van der Waals surface area contributed by atoms with Gasteiger partial charge in [-0.2, -0.15) is 12.6 Å². The van der Waals surface area contributed by atoms with Gasteiger partial charge in [0.05, 0.1) is 25.7 Å². The van der Waals surface area contributed by atoms with E-state index in [0.29, 0.717) is 12.1 Å². The molecule has 0 bridgehead atoms. The minimum atomic E-state index is -1.49. The highest BCUT2D eigenvalue weighted by Gasteiger charge is 2.27. The highest BCUT2D eigenvalue weighted by molar-refractivity contribution is 7.80. The van der Waals surface area contributed by atoms with Crippen LogP contribution >= 0.6 is 12.6 Å². The molecular weight excluding hydrogens is 686 g/mol. The number of nitrogens with zero attached hydrogens (tertiary/aromatic N) is 1. The van der Waals surface area contributed by atoms with Crippen LogP contribution in [-0.4, -0.2) is 109 Å². The van der Waals surface area contributed by atoms with Crippen molar-refractivity contribution in [2.24, 2.45) is 29.0 Å². The summed E-state index contributed by atoms with van der Waals surface area (Å²) in [7, 11) is 0. The second-order valence-corrected chi connectivity index (χ2v) is 12.9. The number of amides is 8. The van der Waals surface area contributed by atoms with Gasteiger partial charge in [-0.15, -0.1) is 0 Å². The average Bonchev–Trinajstić information content (AvgIpc) is 3.07. The number of anilines is 1. The first-order valence-corrected chi connectivity index (χ1v) is 17.0. The van der Waals surface area contributed by atoms with Crippen LogP contribution in [0.3, 0.4) is 0 Å². The fourth-order valence-electron chi connectivity index (χ4n) is 4.49. The van der Waals surface area contributed by atoms with E-state index in [-0.39, 0.29) is 42.5 Å². The number of hydrogen-bond donors (Lipinski definition) is 10. The Hall–Kier alpha value is -4.75. The van der Waals surface area contributed by atoms with Gasteiger partial charge in [0.25, 0.3) is 5.91 Å². The Morgan fingerprint density at radius 2 is 1.39 bits per heavy atom. The van der Waals surface area contributed by atoms with Gasteiger partial charge in [-0.3, -0.25) is 38.4 Å². The molecule has 284 valence electrons. The normalized spacial score (nSPS) is 13.3. The summed E-state index contributed by atoms with van der Waals surface area (Å²) >= 11 is 4.19. The lowest BCUT2D eigenvalue weighted by Crippen LogP contribution is -2.55. The Balaban J connectivity index is 2.82. The van der Waals surface area contributed by atoms with Crippen LogP contribution in [-0.2, 0) is 33.6 Å². The van der Waals surface area contributed by atoms with Crippen LogP contribution < -0.4 is 48.7 Å². The Labute approximate surface area is 302 Å². The molecule has 1 rings (SSSR count). The molecule has 0 aliphatic carbocycles. The van der Waals surface area contributed by atoms with Crippen LogP contribution in [0.5, 0.6) is 0 Å². The van der Waals surface area contributed by atoms with E-state index >= 15 is 0 Å². The molecule has 0 unspecified atom stereocenters. The van der Waals surface area contributed by atoms with E-state index in [1.165, 1.54) is 29.2 Å². The fraction of sp³-hybridized carbons (Fsp3) is 0.562. The molecular formula is C32H51N9O9S. The minimum Gasteiger partial charge on any atom is -0.394 e. The molecule has 0 aromatic heterocycles. The summed E-state index contributed by atoms with van der Waals surface area (Å²) in [6.45, 7) is 5.27. The first-order chi connectivity index (χ1) is 23.9. The third-order valence-corrected chi connectivity index (χ3v) is 7.63. The van der Waals surface area contributed by atoms with Gasteiger partial charge >= 0.3 is 0 Å². The lowest BCUT2D eigenvalue weighted by molar-refractivity contribution is -0.133. The molecule has 0 saturated carbocycles. The SMILES string of the molecule is CC(C)C[C@H](NC(=O)c1ccc(N(CCS)C(=O)CNC(=O)[C@H](CO)NC(=O)CNC(=O)[C@H](CCC(N)=O)NC(=O)[C@@H](N)C(C)C)cc1)C(N)=O. The van der Waals surface area contributed by atoms with Gasteiger partial charge < -0.3 is 53.8 Å². The highest BCUT2D eigenvalue weighted by atomic mass is 32.1. The highest BCUT2D eigenvalue weighted by Crippen LogP contribution is 2.16. The number of hydrogen-bond acceptors (Lipinski definition) is 11. The predicted molar refractivity (Wildman–Crippen MR) is 191 cm³/mol. The molecule has 0 spiro atoms. The van der Waals surface area contributed by atoms with Crippen molar-refractivity contribution in [1.29, 1.82) is 0 Å². The third kappa shape index (κ3) is 15.8. The van der Waals surface area contributed by atoms with E-state index in [4.69, 9.17) is 17.2 Å². The smallest absolute Gasteiger partial charge is 0.251 e. The lowest BCUT2D eigenvalue weighted by atomic mass is 10.0. The molecule has 0 aliphatic rings. The van der Waals surface area contributed by atoms with E-state index < -0.39 is 91.1 Å². The molecule has 0 saturated heterocycles. The summed E-state index contributed by atoms with van der Waals surface area (Å²) in [6.07, 6.45) is -0.0329. The van der Waals surface area contributed by atoms with Crippen molar-refractivity contribution < 1.29 is 43.5 Å². The third-order valence-electron chi connectivity index (χ3n) is 7.43. The predicted octanol–water partition coefficient (Wildman–Crippen LogP) is -2.98. The molecule has 0 fully saturated rings. The van der Waals surface area contributed by atoms with Crippen molar-refractivity contribution >= 4 is 65.6 Å². The largest absolute Gasteiger partial charge is 0.394 e. The number of carbonyl (C=O) groups excluding carboxylic acids is 8. The molecule has 0 radical (unpaired) electrons. The van der Waals surface area contributed by atoms with Crippen molar-refractivity contribution in [3.63, 3.8) is 0 Å². The number of benzene rings is 1. The van der Waals surface area contributed by atoms with Crippen LogP contribution in [0, 0.1) is 11.8 Å². The first-order valence-electron chi connectivity index (χ1n) is 16.3. The summed E-state index contributed by atoms with van der Waals surface area (Å²) < 4.78 is 0. The number of carbonyl (C=O) groups is 8. The van der Waals surface area contributed by atoms with Crippen LogP contribution in [0.2, 0.25) is 0 Å². The van der Waals surface area contributed by atoms with Crippen molar-refractivity contribution in [3.8, 4) is 0 Å². The Morgan fingerprint density at radius 1 is 0.804 bits per heavy atom. The second kappa shape index (κ2) is 22.1. The second-order valence-electron chi connectivity index (χ2n) is 12.4. The summed E-state index contributed by atoms with van der Waals surface area (Å²) in [5.74, 6) is -5.60. The Bertz CT molecular complexity index is 1390. The van der Waals surface area contributed by atoms with E-state index in [9.17, 15) is 43.5 Å². The van der Waals surface area contributed by atoms with Crippen LogP contribution in [0.1, 0.15) is 57.3 Å². The van der Waals surface area contributed by atoms with Crippen molar-refractivity contribution in [2.45, 2.75) is 71.1 Å². The minimum absolute atomic E-state index is 0.111. The number of primary amides is 2. The number of aliphatic hydroxyl groups excluding tert-OH is 1. The zero-order chi connectivity index (χ0) is 38.8. The van der Waals surface area contributed by atoms with Gasteiger partial charge in [0.15, 0.2) is 0 Å². The van der Waals surface area contributed by atoms with Gasteiger partial charge in [0.2, 0.25) is 41.4 Å². The van der Waals surface area contributed by atoms with E-state index in [1.807, 2.05) is 13.8 Å². The first kappa shape index (κ1) is 44.3. The summed E-state index contributed by atoms with van der Waals surface area (Å²) in [5.41, 5.74) is 17.0. The van der Waals surface area contributed by atoms with E-state index in [0.717, 1.165) is 0 Å². The maximum absolute atomic E-state index is 13.1. The zero-order valence-electron chi connectivity index (χ0n) is 29.3. The van der Waals surface area contributed by atoms with Gasteiger partial charge in [0, 0.05) is 30.0 Å². The molecule has 18 nitrogen and oxygen atoms in total. The fourth-order valence-corrected chi connectivity index (χ4v) is 4.69. The maximum atomic E-state index is 13.1. The van der Waals surface area contributed by atoms with Crippen LogP contribution in [0.25, 0.3) is 0 Å². The molecule has 1 aromatic carbocycles. The summed E-state index contributed by atoms with van der Waals surface area (Å²) in [5, 5.41) is 21.7. The topological polar surface area (TPSA) is 298 Å². The molecule has 8 amide bonds. The Morgan fingerprint density at radius 3 is 1.90 bits per heavy atom. The maximum Gasteiger partial charge on any atom is 0.251 e. The van der Waals surface area contributed by atoms with Gasteiger partial charge in [0.1, 0.15) is 18.1 Å². The van der Waals surface area contributed by atoms with Crippen LogP contribution in [0.15, 0.2) is 24.3 Å². The zero-order valence-corrected chi connectivity index (χ0v) is 30.2. The van der Waals surface area contributed by atoms with E-state index in [1.54, 1.807) is 13.8 Å². The molecule has 51 heavy (non-hydrogen) atoms. The number of rotatable bonds is 22. The number of nitrogens with two attached hydrogens (primary N) is 3. The number of thiol groups is 1. The molecule has 0 heterocycles. The van der Waals surface area contributed by atoms with Crippen molar-refractivity contribution in [3.05, 3.63) is 29.8 Å². The standard InChI is InChI=1S/C32H51N9O9S/c1-17(2)13-22(28(35)46)40-29(47)19-5-7-20(8-6-19)41(11-12-51)26(45)15-37-31(49)23(16-42)38-25(44)14-36-30(48)21(9-10-24(33)43)39-32(50)27(34)18(3)4/h5-8,17-18,21-23,27,42,51H,9-16,34H2,1-4H3,(H2,33,43)(H2,35,46)(H,36,48)(H,37,49)(H,38,44)(H,39,50)(H,40,47)/t21-,22-,23-,27-/m0/s1. The quantitative estimate of drug-likeness (QED) is 0.0539. The molecule has 0 aliphatic heterocycles. The van der Waals surface area contributed by atoms with E-state index in [2.05, 4.69) is 39.2 Å². The van der Waals surface area contributed by atoms with Gasteiger partial charge in [-0.25, -0.2) is 0 Å². The summed E-state index contributed by atoms with van der Waals surface area (Å²) in [6, 6.07) is 1.42. The molecule has 1 aromatic rings. The molecule has 19 heteroatoms. The van der Waals surface area contributed by atoms with Crippen LogP contribution in [0.4, 0.5) is 5.69 Å². The summed E-state index contributed by atoms with van der Waals surface area (Å²) in [4.78, 5) is 100. The van der Waals surface area contributed by atoms with Gasteiger partial charge in [-0.05, 0) is 48.9 Å². The Kier molecular flexibility index (Phi) is 19.2. The van der Waals surface area contributed by atoms with Crippen molar-refractivity contribution in [2.75, 3.05) is 36.9 Å². The lowest BCUT2D eigenvalue weighted by Gasteiger charge is -2.24. The van der Waals surface area contributed by atoms with Crippen molar-refractivity contribution in [1.82, 2.24) is 26.6 Å². The monoisotopic (exact) mass is 737 g/mol. The van der Waals surface area contributed by atoms with Gasteiger partial charge in [-0.1, -0.05) is 27.7 Å². The number of aliphatic hydroxyl groups is 1. The number of nitrogens with one attached hydrogen (secondary N) is 5. The molecule has 4 atom stereocenters. The average molecular weight is 738 g/mol. The molecule has 12 N–H and O–H groups in total.